The maximum absolute atomic E-state index is 4.47. The predicted molar refractivity (Wildman–Crippen MR) is 86.8 cm³/mol. The summed E-state index contributed by atoms with van der Waals surface area (Å²) in [4.78, 5) is 0. The zero-order chi connectivity index (χ0) is 14.5. The molecular weight excluding hydrogens is 314 g/mol. The quantitative estimate of drug-likeness (QED) is 0.870. The third-order valence-corrected chi connectivity index (χ3v) is 3.86. The Kier molecular flexibility index (Phi) is 5.38. The summed E-state index contributed by atoms with van der Waals surface area (Å²) >= 11 is 3.54. The molecule has 1 unspecified atom stereocenters. The molecule has 0 amide bonds. The molecule has 0 radical (unpaired) electrons. The van der Waals surface area contributed by atoms with Crippen LogP contribution in [0.1, 0.15) is 36.3 Å². The van der Waals surface area contributed by atoms with Crippen LogP contribution >= 0.6 is 15.9 Å². The number of benzene rings is 1. The predicted octanol–water partition coefficient (Wildman–Crippen LogP) is 3.77. The first-order valence-electron chi connectivity index (χ1n) is 7.08. The minimum Gasteiger partial charge on any atom is -0.308 e. The molecule has 1 heterocycles. The first kappa shape index (κ1) is 15.3. The Bertz CT molecular complexity index is 563. The summed E-state index contributed by atoms with van der Waals surface area (Å²) < 4.78 is 3.12. The Balaban J connectivity index is 2.21. The molecule has 0 aliphatic heterocycles. The summed E-state index contributed by atoms with van der Waals surface area (Å²) in [6.07, 6.45) is 2.10. The van der Waals surface area contributed by atoms with E-state index in [9.17, 15) is 0 Å². The monoisotopic (exact) mass is 335 g/mol. The smallest absolute Gasteiger partial charge is 0.0597 e. The normalized spacial score (nSPS) is 12.6. The highest BCUT2D eigenvalue weighted by Crippen LogP contribution is 2.21. The highest BCUT2D eigenvalue weighted by Gasteiger charge is 2.16. The summed E-state index contributed by atoms with van der Waals surface area (Å²) in [6, 6.07) is 11.0. The largest absolute Gasteiger partial charge is 0.308 e. The molecule has 0 saturated heterocycles. The summed E-state index contributed by atoms with van der Waals surface area (Å²) in [6.45, 7) is 5.25. The van der Waals surface area contributed by atoms with E-state index in [0.29, 0.717) is 6.04 Å². The van der Waals surface area contributed by atoms with Gasteiger partial charge in [-0.2, -0.15) is 5.10 Å². The summed E-state index contributed by atoms with van der Waals surface area (Å²) in [7, 11) is 2.02. The summed E-state index contributed by atoms with van der Waals surface area (Å²) in [5.41, 5.74) is 3.64. The van der Waals surface area contributed by atoms with E-state index in [1.54, 1.807) is 0 Å². The van der Waals surface area contributed by atoms with Gasteiger partial charge in [0.05, 0.1) is 17.4 Å². The van der Waals surface area contributed by atoms with Gasteiger partial charge in [0.2, 0.25) is 0 Å². The lowest BCUT2D eigenvalue weighted by Crippen LogP contribution is -2.26. The van der Waals surface area contributed by atoms with E-state index < -0.39 is 0 Å². The summed E-state index contributed by atoms with van der Waals surface area (Å²) in [5, 5.41) is 8.10. The Morgan fingerprint density at radius 2 is 2.15 bits per heavy atom. The molecule has 0 aliphatic rings. The second-order valence-electron chi connectivity index (χ2n) is 5.17. The van der Waals surface area contributed by atoms with Crippen LogP contribution in [-0.2, 0) is 13.5 Å². The first-order chi connectivity index (χ1) is 9.60. The van der Waals surface area contributed by atoms with E-state index in [1.807, 2.05) is 18.7 Å². The van der Waals surface area contributed by atoms with E-state index in [1.165, 1.54) is 11.3 Å². The number of rotatable bonds is 6. The first-order valence-corrected chi connectivity index (χ1v) is 7.87. The number of hydrogen-bond acceptors (Lipinski definition) is 2. The van der Waals surface area contributed by atoms with Gasteiger partial charge in [-0.3, -0.25) is 4.68 Å². The van der Waals surface area contributed by atoms with E-state index in [2.05, 4.69) is 63.6 Å². The van der Waals surface area contributed by atoms with Gasteiger partial charge in [-0.15, -0.1) is 0 Å². The molecule has 108 valence electrons. The van der Waals surface area contributed by atoms with Crippen molar-refractivity contribution in [3.05, 3.63) is 51.8 Å². The van der Waals surface area contributed by atoms with Crippen molar-refractivity contribution in [1.29, 1.82) is 0 Å². The Hall–Kier alpha value is -1.13. The van der Waals surface area contributed by atoms with Crippen LogP contribution in [0.4, 0.5) is 0 Å². The number of halogens is 1. The standard InChI is InChI=1S/C16H22BrN3/c1-4-8-18-15(16-9-12(2)19-20(16)3)11-13-6-5-7-14(17)10-13/h5-7,9-10,15,18H,4,8,11H2,1-3H3. The molecule has 1 aromatic carbocycles. The molecule has 0 bridgehead atoms. The van der Waals surface area contributed by atoms with Crippen molar-refractivity contribution in [2.75, 3.05) is 6.54 Å². The Morgan fingerprint density at radius 1 is 1.35 bits per heavy atom. The fourth-order valence-electron chi connectivity index (χ4n) is 2.46. The number of aryl methyl sites for hydroxylation is 2. The molecule has 4 heteroatoms. The van der Waals surface area contributed by atoms with Crippen LogP contribution in [0.15, 0.2) is 34.8 Å². The van der Waals surface area contributed by atoms with Gasteiger partial charge in [0.1, 0.15) is 0 Å². The van der Waals surface area contributed by atoms with E-state index in [-0.39, 0.29) is 0 Å². The third-order valence-electron chi connectivity index (χ3n) is 3.36. The van der Waals surface area contributed by atoms with Crippen molar-refractivity contribution in [1.82, 2.24) is 15.1 Å². The van der Waals surface area contributed by atoms with Crippen LogP contribution in [0.3, 0.4) is 0 Å². The maximum atomic E-state index is 4.47. The molecule has 1 aromatic heterocycles. The number of aromatic nitrogens is 2. The molecule has 2 aromatic rings. The van der Waals surface area contributed by atoms with Gasteiger partial charge in [0.15, 0.2) is 0 Å². The van der Waals surface area contributed by atoms with Gasteiger partial charge in [-0.05, 0) is 50.1 Å². The fraction of sp³-hybridized carbons (Fsp3) is 0.438. The SMILES string of the molecule is CCCNC(Cc1cccc(Br)c1)c1cc(C)nn1C. The lowest BCUT2D eigenvalue weighted by molar-refractivity contribution is 0.493. The minimum absolute atomic E-state index is 0.301. The molecule has 0 aliphatic carbocycles. The highest BCUT2D eigenvalue weighted by molar-refractivity contribution is 9.10. The van der Waals surface area contributed by atoms with E-state index in [4.69, 9.17) is 0 Å². The van der Waals surface area contributed by atoms with Crippen LogP contribution in [-0.4, -0.2) is 16.3 Å². The molecule has 0 spiro atoms. The maximum Gasteiger partial charge on any atom is 0.0597 e. The van der Waals surface area contributed by atoms with Crippen LogP contribution in [0, 0.1) is 6.92 Å². The van der Waals surface area contributed by atoms with Crippen molar-refractivity contribution >= 4 is 15.9 Å². The molecule has 20 heavy (non-hydrogen) atoms. The van der Waals surface area contributed by atoms with Crippen LogP contribution in [0.2, 0.25) is 0 Å². The van der Waals surface area contributed by atoms with Crippen molar-refractivity contribution in [2.45, 2.75) is 32.7 Å². The van der Waals surface area contributed by atoms with Gasteiger partial charge >= 0.3 is 0 Å². The minimum atomic E-state index is 0.301. The average Bonchev–Trinajstić information content (AvgIpc) is 2.73. The van der Waals surface area contributed by atoms with Crippen molar-refractivity contribution < 1.29 is 0 Å². The molecule has 2 rings (SSSR count). The zero-order valence-electron chi connectivity index (χ0n) is 12.4. The number of nitrogens with zero attached hydrogens (tertiary/aromatic N) is 2. The highest BCUT2D eigenvalue weighted by atomic mass is 79.9. The number of nitrogens with one attached hydrogen (secondary N) is 1. The number of hydrogen-bond donors (Lipinski definition) is 1. The lowest BCUT2D eigenvalue weighted by atomic mass is 10.0. The van der Waals surface area contributed by atoms with Crippen molar-refractivity contribution in [2.24, 2.45) is 7.05 Å². The second-order valence-corrected chi connectivity index (χ2v) is 6.09. The van der Waals surface area contributed by atoms with Crippen LogP contribution < -0.4 is 5.32 Å². The molecule has 0 saturated carbocycles. The molecule has 1 atom stereocenters. The summed E-state index contributed by atoms with van der Waals surface area (Å²) in [5.74, 6) is 0. The average molecular weight is 336 g/mol. The topological polar surface area (TPSA) is 29.9 Å². The van der Waals surface area contributed by atoms with Gasteiger partial charge in [-0.25, -0.2) is 0 Å². The van der Waals surface area contributed by atoms with Gasteiger partial charge in [-0.1, -0.05) is 35.0 Å². The fourth-order valence-corrected chi connectivity index (χ4v) is 2.90. The van der Waals surface area contributed by atoms with Gasteiger partial charge in [0.25, 0.3) is 0 Å². The Labute approximate surface area is 129 Å². The molecule has 1 N–H and O–H groups in total. The molecule has 0 fully saturated rings. The van der Waals surface area contributed by atoms with Crippen LogP contribution in [0.25, 0.3) is 0 Å². The van der Waals surface area contributed by atoms with E-state index >= 15 is 0 Å². The van der Waals surface area contributed by atoms with Crippen molar-refractivity contribution in [3.8, 4) is 0 Å². The Morgan fingerprint density at radius 3 is 2.75 bits per heavy atom. The second kappa shape index (κ2) is 7.04. The molecule has 3 nitrogen and oxygen atoms in total. The molecular formula is C16H22BrN3. The zero-order valence-corrected chi connectivity index (χ0v) is 13.9. The van der Waals surface area contributed by atoms with Crippen molar-refractivity contribution in [3.63, 3.8) is 0 Å². The van der Waals surface area contributed by atoms with E-state index in [0.717, 1.165) is 29.6 Å². The van der Waals surface area contributed by atoms with Gasteiger partial charge in [0, 0.05) is 11.5 Å². The van der Waals surface area contributed by atoms with Crippen LogP contribution in [0.5, 0.6) is 0 Å². The van der Waals surface area contributed by atoms with Gasteiger partial charge < -0.3 is 5.32 Å². The third kappa shape index (κ3) is 3.93. The lowest BCUT2D eigenvalue weighted by Gasteiger charge is -2.19.